The molecule has 0 amide bonds. The largest absolute Gasteiger partial charge is 0.501 e. The lowest BCUT2D eigenvalue weighted by Crippen LogP contribution is -2.47. The monoisotopic (exact) mass is 247 g/mol. The van der Waals surface area contributed by atoms with E-state index in [0.717, 1.165) is 25.6 Å². The predicted octanol–water partition coefficient (Wildman–Crippen LogP) is 2.09. The Morgan fingerprint density at radius 3 is 2.19 bits per heavy atom. The quantitative estimate of drug-likeness (QED) is 0.645. The summed E-state index contributed by atoms with van der Waals surface area (Å²) >= 11 is 0. The van der Waals surface area contributed by atoms with Gasteiger partial charge in [-0.15, -0.1) is 0 Å². The van der Waals surface area contributed by atoms with Crippen molar-refractivity contribution in [2.24, 2.45) is 0 Å². The molecule has 0 radical (unpaired) electrons. The average molecular weight is 247 g/mol. The van der Waals surface area contributed by atoms with Crippen LogP contribution in [-0.2, 0) is 13.3 Å². The van der Waals surface area contributed by atoms with E-state index in [0.29, 0.717) is 6.73 Å². The lowest BCUT2D eigenvalue weighted by molar-refractivity contribution is 0.0293. The maximum Gasteiger partial charge on any atom is 0.501 e. The topological polar surface area (TPSA) is 30.9 Å². The predicted molar refractivity (Wildman–Crippen MR) is 66.2 cm³/mol. The van der Waals surface area contributed by atoms with Gasteiger partial charge in [0.25, 0.3) is 0 Å². The number of nitrogens with zero attached hydrogens (tertiary/aromatic N) is 1. The Kier molecular flexibility index (Phi) is 6.53. The number of rotatable bonds is 7. The number of hydrogen-bond acceptors (Lipinski definition) is 4. The van der Waals surface area contributed by atoms with E-state index in [9.17, 15) is 0 Å². The summed E-state index contributed by atoms with van der Waals surface area (Å²) in [5.41, 5.74) is 0. The molecule has 0 unspecified atom stereocenters. The van der Waals surface area contributed by atoms with Gasteiger partial charge in [0.15, 0.2) is 0 Å². The molecule has 1 aliphatic rings. The van der Waals surface area contributed by atoms with E-state index in [1.54, 1.807) is 14.2 Å². The van der Waals surface area contributed by atoms with Gasteiger partial charge in [-0.2, -0.15) is 0 Å². The van der Waals surface area contributed by atoms with Crippen molar-refractivity contribution in [1.29, 1.82) is 0 Å². The van der Waals surface area contributed by atoms with E-state index in [1.165, 1.54) is 19.3 Å². The highest BCUT2D eigenvalue weighted by molar-refractivity contribution is 6.60. The molecule has 16 heavy (non-hydrogen) atoms. The number of likely N-dealkylation sites (tertiary alicyclic amines) is 1. The second-order valence-corrected chi connectivity index (χ2v) is 7.26. The van der Waals surface area contributed by atoms with Crippen molar-refractivity contribution in [3.05, 3.63) is 0 Å². The Balaban J connectivity index is 2.35. The summed E-state index contributed by atoms with van der Waals surface area (Å²) in [7, 11) is 1.02. The van der Waals surface area contributed by atoms with Gasteiger partial charge in [0.2, 0.25) is 0 Å². The van der Waals surface area contributed by atoms with Crippen LogP contribution in [0.1, 0.15) is 32.6 Å². The van der Waals surface area contributed by atoms with Gasteiger partial charge >= 0.3 is 8.80 Å². The summed E-state index contributed by atoms with van der Waals surface area (Å²) in [5.74, 6) is 0. The first kappa shape index (κ1) is 14.1. The van der Waals surface area contributed by atoms with Crippen molar-refractivity contribution in [3.63, 3.8) is 0 Å². The molecule has 1 saturated heterocycles. The summed E-state index contributed by atoms with van der Waals surface area (Å²) in [5, 5.41) is 0. The van der Waals surface area contributed by atoms with Crippen LogP contribution in [0.4, 0.5) is 0 Å². The zero-order chi connectivity index (χ0) is 11.9. The van der Waals surface area contributed by atoms with E-state index in [-0.39, 0.29) is 0 Å². The molecule has 1 rings (SSSR count). The Bertz CT molecular complexity index is 182. The van der Waals surface area contributed by atoms with Crippen LogP contribution in [0.25, 0.3) is 0 Å². The van der Waals surface area contributed by atoms with Crippen LogP contribution < -0.4 is 0 Å². The molecule has 0 saturated carbocycles. The highest BCUT2D eigenvalue weighted by Crippen LogP contribution is 2.17. The Hall–Kier alpha value is 0.0569. The highest BCUT2D eigenvalue weighted by Gasteiger charge is 2.38. The first-order valence-electron chi connectivity index (χ1n) is 6.23. The second-order valence-electron chi connectivity index (χ2n) is 4.29. The third-order valence-electron chi connectivity index (χ3n) is 3.09. The minimum atomic E-state index is -2.37. The van der Waals surface area contributed by atoms with Gasteiger partial charge in [-0.3, -0.25) is 4.90 Å². The minimum Gasteiger partial charge on any atom is -0.377 e. The summed E-state index contributed by atoms with van der Waals surface area (Å²) in [6.45, 7) is 5.08. The lowest BCUT2D eigenvalue weighted by Gasteiger charge is -2.31. The van der Waals surface area contributed by atoms with E-state index in [4.69, 9.17) is 13.3 Å². The molecular formula is C11H25NO3Si. The SMILES string of the molecule is CCC[Si](OC)(OC)OCN1CCCCC1. The number of hydrogen-bond donors (Lipinski definition) is 0. The molecule has 0 spiro atoms. The normalized spacial score (nSPS) is 18.9. The molecule has 1 fully saturated rings. The fourth-order valence-electron chi connectivity index (χ4n) is 2.06. The van der Waals surface area contributed by atoms with Gasteiger partial charge in [-0.05, 0) is 12.8 Å². The third kappa shape index (κ3) is 4.14. The van der Waals surface area contributed by atoms with Crippen LogP contribution in [0.2, 0.25) is 6.04 Å². The van der Waals surface area contributed by atoms with E-state index in [2.05, 4.69) is 11.8 Å². The Morgan fingerprint density at radius 1 is 1.06 bits per heavy atom. The molecule has 0 aliphatic carbocycles. The van der Waals surface area contributed by atoms with Crippen molar-refractivity contribution < 1.29 is 13.3 Å². The zero-order valence-electron chi connectivity index (χ0n) is 10.8. The van der Waals surface area contributed by atoms with Crippen molar-refractivity contribution in [2.45, 2.75) is 38.7 Å². The fourth-order valence-corrected chi connectivity index (χ4v) is 4.01. The minimum absolute atomic E-state index is 0.661. The molecule has 5 heteroatoms. The lowest BCUT2D eigenvalue weighted by atomic mass is 10.1. The van der Waals surface area contributed by atoms with Crippen molar-refractivity contribution in [2.75, 3.05) is 34.0 Å². The molecular weight excluding hydrogens is 222 g/mol. The van der Waals surface area contributed by atoms with Crippen molar-refractivity contribution in [3.8, 4) is 0 Å². The fraction of sp³-hybridized carbons (Fsp3) is 1.00. The molecule has 1 heterocycles. The van der Waals surface area contributed by atoms with Crippen LogP contribution in [0.15, 0.2) is 0 Å². The van der Waals surface area contributed by atoms with Gasteiger partial charge in [0.05, 0.1) is 6.73 Å². The van der Waals surface area contributed by atoms with Crippen LogP contribution in [0, 0.1) is 0 Å². The summed E-state index contributed by atoms with van der Waals surface area (Å²) in [6, 6.07) is 0.897. The first-order valence-corrected chi connectivity index (χ1v) is 8.16. The van der Waals surface area contributed by atoms with E-state index in [1.807, 2.05) is 0 Å². The van der Waals surface area contributed by atoms with Gasteiger partial charge < -0.3 is 13.3 Å². The average Bonchev–Trinajstić information content (AvgIpc) is 2.36. The highest BCUT2D eigenvalue weighted by atomic mass is 28.4. The first-order chi connectivity index (χ1) is 7.76. The molecule has 1 aliphatic heterocycles. The molecule has 0 aromatic rings. The van der Waals surface area contributed by atoms with Gasteiger partial charge in [0.1, 0.15) is 0 Å². The summed E-state index contributed by atoms with van der Waals surface area (Å²) in [6.07, 6.45) is 4.95. The molecule has 0 atom stereocenters. The maximum atomic E-state index is 5.93. The smallest absolute Gasteiger partial charge is 0.377 e. The van der Waals surface area contributed by atoms with Crippen molar-refractivity contribution in [1.82, 2.24) is 4.90 Å². The van der Waals surface area contributed by atoms with Gasteiger partial charge in [-0.1, -0.05) is 19.8 Å². The van der Waals surface area contributed by atoms with Crippen LogP contribution in [0.3, 0.4) is 0 Å². The maximum absolute atomic E-state index is 5.93. The van der Waals surface area contributed by atoms with Crippen molar-refractivity contribution >= 4 is 8.80 Å². The summed E-state index contributed by atoms with van der Waals surface area (Å²) in [4.78, 5) is 2.35. The standard InChI is InChI=1S/C11H25NO3Si/c1-4-10-16(13-2,14-3)15-11-12-8-6-5-7-9-12/h4-11H2,1-3H3. The van der Waals surface area contributed by atoms with Crippen LogP contribution in [0.5, 0.6) is 0 Å². The second kappa shape index (κ2) is 7.40. The number of piperidine rings is 1. The third-order valence-corrected chi connectivity index (χ3v) is 6.02. The molecule has 4 nitrogen and oxygen atoms in total. The molecule has 0 aromatic heterocycles. The Morgan fingerprint density at radius 2 is 1.69 bits per heavy atom. The van der Waals surface area contributed by atoms with Gasteiger partial charge in [-0.25, -0.2) is 0 Å². The molecule has 0 N–H and O–H groups in total. The van der Waals surface area contributed by atoms with Crippen LogP contribution in [-0.4, -0.2) is 47.7 Å². The van der Waals surface area contributed by atoms with Gasteiger partial charge in [0, 0.05) is 33.4 Å². The summed E-state index contributed by atoms with van der Waals surface area (Å²) < 4.78 is 16.9. The Labute approximate surface area is 100 Å². The van der Waals surface area contributed by atoms with Crippen LogP contribution >= 0.6 is 0 Å². The van der Waals surface area contributed by atoms with E-state index < -0.39 is 8.80 Å². The zero-order valence-corrected chi connectivity index (χ0v) is 11.8. The molecule has 0 aromatic carbocycles. The molecule has 0 bridgehead atoms. The molecule has 96 valence electrons. The van der Waals surface area contributed by atoms with E-state index >= 15 is 0 Å².